The van der Waals surface area contributed by atoms with Crippen LogP contribution in [0.4, 0.5) is 18.9 Å². The minimum atomic E-state index is -4.24. The van der Waals surface area contributed by atoms with Gasteiger partial charge in [-0.3, -0.25) is 0 Å². The average Bonchev–Trinajstić information content (AvgIpc) is 3.35. The second-order valence-corrected chi connectivity index (χ2v) is 8.27. The maximum atomic E-state index is 12.7. The molecule has 32 heavy (non-hydrogen) atoms. The summed E-state index contributed by atoms with van der Waals surface area (Å²) in [6.45, 7) is 12.2. The van der Waals surface area contributed by atoms with E-state index in [-0.39, 0.29) is 5.56 Å². The van der Waals surface area contributed by atoms with Crippen molar-refractivity contribution in [3.05, 3.63) is 72.7 Å². The summed E-state index contributed by atoms with van der Waals surface area (Å²) in [5, 5.41) is 8.93. The van der Waals surface area contributed by atoms with Gasteiger partial charge in [-0.1, -0.05) is 32.2 Å². The van der Waals surface area contributed by atoms with E-state index in [1.54, 1.807) is 29.1 Å². The van der Waals surface area contributed by atoms with Gasteiger partial charge in [-0.15, -0.1) is 0 Å². The number of pyridine rings is 1. The normalized spacial score (nSPS) is 16.5. The predicted octanol–water partition coefficient (Wildman–Crippen LogP) is 5.16. The molecule has 0 spiro atoms. The molecule has 1 N–H and O–H groups in total. The molecule has 1 aliphatic heterocycles. The van der Waals surface area contributed by atoms with Gasteiger partial charge in [0.05, 0.1) is 35.4 Å². The van der Waals surface area contributed by atoms with Crippen molar-refractivity contribution in [1.29, 1.82) is 0 Å². The van der Waals surface area contributed by atoms with E-state index in [2.05, 4.69) is 35.3 Å². The van der Waals surface area contributed by atoms with Crippen LogP contribution < -0.4 is 10.2 Å². The summed E-state index contributed by atoms with van der Waals surface area (Å²) in [6.07, 6.45) is -0.673. The first-order valence-corrected chi connectivity index (χ1v) is 10.6. The van der Waals surface area contributed by atoms with E-state index in [0.717, 1.165) is 36.3 Å². The zero-order valence-corrected chi connectivity index (χ0v) is 18.0. The Hall–Kier alpha value is -3.29. The first-order chi connectivity index (χ1) is 15.2. The molecule has 0 amide bonds. The lowest BCUT2D eigenvalue weighted by Gasteiger charge is -2.19. The van der Waals surface area contributed by atoms with Crippen LogP contribution in [0.1, 0.15) is 24.6 Å². The van der Waals surface area contributed by atoms with Crippen LogP contribution in [0.3, 0.4) is 0 Å². The predicted molar refractivity (Wildman–Crippen MR) is 121 cm³/mol. The van der Waals surface area contributed by atoms with Gasteiger partial charge in [0.1, 0.15) is 0 Å². The second kappa shape index (κ2) is 8.68. The number of fused-ring (bicyclic) bond motifs is 1. The number of anilines is 1. The fourth-order valence-electron chi connectivity index (χ4n) is 4.07. The molecule has 4 rings (SSSR count). The highest BCUT2D eigenvalue weighted by Gasteiger charge is 2.28. The van der Waals surface area contributed by atoms with Crippen molar-refractivity contribution in [3.63, 3.8) is 0 Å². The Bertz CT molecular complexity index is 1130. The highest BCUT2D eigenvalue weighted by Crippen LogP contribution is 2.33. The molecule has 2 aromatic heterocycles. The molecule has 8 heteroatoms. The van der Waals surface area contributed by atoms with Gasteiger partial charge in [-0.2, -0.15) is 18.3 Å². The van der Waals surface area contributed by atoms with Gasteiger partial charge in [0.25, 0.3) is 0 Å². The molecule has 168 valence electrons. The molecule has 3 heterocycles. The largest absolute Gasteiger partial charge is 0.393 e. The molecule has 1 unspecified atom stereocenters. The third kappa shape index (κ3) is 4.64. The molecule has 0 bridgehead atoms. The zero-order chi connectivity index (χ0) is 22.9. The maximum Gasteiger partial charge on any atom is 0.393 e. The highest BCUT2D eigenvalue weighted by atomic mass is 19.4. The summed E-state index contributed by atoms with van der Waals surface area (Å²) >= 11 is 0. The zero-order valence-electron chi connectivity index (χ0n) is 18.0. The summed E-state index contributed by atoms with van der Waals surface area (Å²) < 4.78 is 39.9. The Kier molecular flexibility index (Phi) is 5.95. The number of hydrogen-bond acceptors (Lipinski definition) is 4. The molecule has 1 saturated heterocycles. The molecule has 1 aromatic carbocycles. The summed E-state index contributed by atoms with van der Waals surface area (Å²) in [4.78, 5) is 6.93. The summed E-state index contributed by atoms with van der Waals surface area (Å²) in [7, 11) is 0. The Morgan fingerprint density at radius 2 is 2.00 bits per heavy atom. The lowest BCUT2D eigenvalue weighted by Crippen LogP contribution is -2.20. The summed E-state index contributed by atoms with van der Waals surface area (Å²) in [5.41, 5.74) is 4.09. The standard InChI is InChI=1S/C24H26F3N5/c1-4-17(3)29-14-20-22-21(31-12-10-16(2)15-31)9-11-28-23(22)32(30-20)19-7-5-18(6-8-19)13-24(25,26)27/h4-9,11,16,29H,1,3,10,12-15H2,2H3. The lowest BCUT2D eigenvalue weighted by atomic mass is 10.1. The average molecular weight is 442 g/mol. The fraction of sp³-hybridized carbons (Fsp3) is 0.333. The van der Waals surface area contributed by atoms with Gasteiger partial charge in [0, 0.05) is 25.0 Å². The van der Waals surface area contributed by atoms with Crippen LogP contribution in [-0.2, 0) is 13.0 Å². The van der Waals surface area contributed by atoms with Crippen molar-refractivity contribution >= 4 is 16.7 Å². The summed E-state index contributed by atoms with van der Waals surface area (Å²) in [6, 6.07) is 8.28. The Balaban J connectivity index is 1.77. The SMILES string of the molecule is C=CC(=C)NCc1nn(-c2ccc(CC(F)(F)F)cc2)c2nccc(N3CCC(C)C3)c12. The van der Waals surface area contributed by atoms with E-state index < -0.39 is 12.6 Å². The molecule has 1 fully saturated rings. The number of halogens is 3. The van der Waals surface area contributed by atoms with E-state index in [1.807, 2.05) is 6.07 Å². The van der Waals surface area contributed by atoms with Crippen molar-refractivity contribution in [1.82, 2.24) is 20.1 Å². The molecule has 0 radical (unpaired) electrons. The number of aromatic nitrogens is 3. The van der Waals surface area contributed by atoms with Crippen molar-refractivity contribution < 1.29 is 13.2 Å². The van der Waals surface area contributed by atoms with Crippen LogP contribution in [0.25, 0.3) is 16.7 Å². The highest BCUT2D eigenvalue weighted by molar-refractivity contribution is 5.93. The van der Waals surface area contributed by atoms with Crippen LogP contribution in [0.2, 0.25) is 0 Å². The maximum absolute atomic E-state index is 12.7. The first-order valence-electron chi connectivity index (χ1n) is 10.6. The van der Waals surface area contributed by atoms with Crippen molar-refractivity contribution in [2.24, 2.45) is 5.92 Å². The fourth-order valence-corrected chi connectivity index (χ4v) is 4.07. The minimum Gasteiger partial charge on any atom is -0.380 e. The first kappa shape index (κ1) is 21.9. The molecule has 1 aliphatic rings. The van der Waals surface area contributed by atoms with Crippen LogP contribution in [-0.4, -0.2) is 34.0 Å². The molecule has 0 saturated carbocycles. The number of hydrogen-bond donors (Lipinski definition) is 1. The Morgan fingerprint density at radius 3 is 2.62 bits per heavy atom. The van der Waals surface area contributed by atoms with Gasteiger partial charge in [-0.05, 0) is 42.2 Å². The van der Waals surface area contributed by atoms with Crippen LogP contribution in [0, 0.1) is 5.92 Å². The number of benzene rings is 1. The monoisotopic (exact) mass is 441 g/mol. The van der Waals surface area contributed by atoms with Crippen molar-refractivity contribution in [2.45, 2.75) is 32.5 Å². The molecular weight excluding hydrogens is 415 g/mol. The van der Waals surface area contributed by atoms with Gasteiger partial charge in [0.15, 0.2) is 5.65 Å². The quantitative estimate of drug-likeness (QED) is 0.515. The number of nitrogens with zero attached hydrogens (tertiary/aromatic N) is 4. The second-order valence-electron chi connectivity index (χ2n) is 8.27. The van der Waals surface area contributed by atoms with Crippen LogP contribution in [0.15, 0.2) is 61.5 Å². The van der Waals surface area contributed by atoms with Crippen LogP contribution >= 0.6 is 0 Å². The molecule has 0 aliphatic carbocycles. The summed E-state index contributed by atoms with van der Waals surface area (Å²) in [5.74, 6) is 0.608. The van der Waals surface area contributed by atoms with E-state index in [0.29, 0.717) is 29.5 Å². The van der Waals surface area contributed by atoms with E-state index in [1.165, 1.54) is 12.1 Å². The van der Waals surface area contributed by atoms with E-state index in [9.17, 15) is 13.2 Å². The molecule has 3 aromatic rings. The number of alkyl halides is 3. The minimum absolute atomic E-state index is 0.210. The molecule has 1 atom stereocenters. The molecule has 5 nitrogen and oxygen atoms in total. The smallest absolute Gasteiger partial charge is 0.380 e. The van der Waals surface area contributed by atoms with Gasteiger partial charge >= 0.3 is 6.18 Å². The third-order valence-electron chi connectivity index (χ3n) is 5.70. The van der Waals surface area contributed by atoms with Gasteiger partial charge in [-0.25, -0.2) is 9.67 Å². The third-order valence-corrected chi connectivity index (χ3v) is 5.70. The number of nitrogens with one attached hydrogen (secondary N) is 1. The Labute approximate surface area is 185 Å². The van der Waals surface area contributed by atoms with Gasteiger partial charge < -0.3 is 10.2 Å². The van der Waals surface area contributed by atoms with Crippen LogP contribution in [0.5, 0.6) is 0 Å². The number of allylic oxidation sites excluding steroid dienone is 1. The van der Waals surface area contributed by atoms with Crippen molar-refractivity contribution in [3.8, 4) is 5.69 Å². The number of rotatable bonds is 7. The van der Waals surface area contributed by atoms with E-state index in [4.69, 9.17) is 5.10 Å². The topological polar surface area (TPSA) is 46.0 Å². The van der Waals surface area contributed by atoms with E-state index >= 15 is 0 Å². The Morgan fingerprint density at radius 1 is 1.25 bits per heavy atom. The van der Waals surface area contributed by atoms with Crippen molar-refractivity contribution in [2.75, 3.05) is 18.0 Å². The lowest BCUT2D eigenvalue weighted by molar-refractivity contribution is -0.127. The molecular formula is C24H26F3N5. The van der Waals surface area contributed by atoms with Gasteiger partial charge in [0.2, 0.25) is 0 Å².